The summed E-state index contributed by atoms with van der Waals surface area (Å²) in [5.41, 5.74) is 1.50. The highest BCUT2D eigenvalue weighted by Crippen LogP contribution is 2.55. The molecule has 0 amide bonds. The second-order valence-electron chi connectivity index (χ2n) is 7.99. The first kappa shape index (κ1) is 18.0. The minimum atomic E-state index is -0.518. The summed E-state index contributed by atoms with van der Waals surface area (Å²) in [7, 11) is 0. The highest BCUT2D eigenvalue weighted by molar-refractivity contribution is 5.29. The molecule has 0 aliphatic heterocycles. The first-order valence-corrected chi connectivity index (χ1v) is 9.81. The number of unbranched alkanes of at least 4 members (excludes halogenated alkanes) is 1. The quantitative estimate of drug-likeness (QED) is 0.421. The molecule has 3 heteroatoms. The standard InChI is InChI=1S/C21H32O3/c1-14-16(8-4-5-13-22)17-9-12-20(24)18(21(14)17)10-11-19(23)15-6-2-3-7-15/h8,14-15,17-24H,2-7,9,12-13H2,1H3/t14?,17-,18+,19?,20-,21+/m0/s1. The van der Waals surface area contributed by atoms with Crippen LogP contribution >= 0.6 is 0 Å². The van der Waals surface area contributed by atoms with E-state index >= 15 is 0 Å². The fourth-order valence-corrected chi connectivity index (χ4v) is 5.18. The monoisotopic (exact) mass is 332 g/mol. The molecule has 0 radical (unpaired) electrons. The molecular formula is C21H32O3. The van der Waals surface area contributed by atoms with Crippen LogP contribution in [0.5, 0.6) is 0 Å². The predicted octanol–water partition coefficient (Wildman–Crippen LogP) is 2.89. The lowest BCUT2D eigenvalue weighted by Crippen LogP contribution is -2.50. The Morgan fingerprint density at radius 1 is 1.21 bits per heavy atom. The molecule has 6 atom stereocenters. The molecule has 0 aromatic carbocycles. The van der Waals surface area contributed by atoms with Gasteiger partial charge in [0.2, 0.25) is 0 Å². The van der Waals surface area contributed by atoms with Crippen LogP contribution in [0, 0.1) is 41.4 Å². The SMILES string of the molecule is CC1C(=CCCCO)[C@@H]2CC[C@H](O)[C@@H](C#CC(O)C3CCCC3)[C@H]12. The summed E-state index contributed by atoms with van der Waals surface area (Å²) in [4.78, 5) is 0. The average molecular weight is 332 g/mol. The van der Waals surface area contributed by atoms with Crippen LogP contribution in [-0.2, 0) is 0 Å². The van der Waals surface area contributed by atoms with Crippen LogP contribution in [0.15, 0.2) is 11.6 Å². The van der Waals surface area contributed by atoms with Gasteiger partial charge in [-0.05, 0) is 62.2 Å². The zero-order valence-corrected chi connectivity index (χ0v) is 14.8. The first-order valence-electron chi connectivity index (χ1n) is 9.81. The number of hydrogen-bond acceptors (Lipinski definition) is 3. The van der Waals surface area contributed by atoms with Crippen molar-refractivity contribution < 1.29 is 15.3 Å². The van der Waals surface area contributed by atoms with Crippen LogP contribution in [0.25, 0.3) is 0 Å². The zero-order valence-electron chi connectivity index (χ0n) is 14.8. The van der Waals surface area contributed by atoms with E-state index in [0.29, 0.717) is 23.7 Å². The van der Waals surface area contributed by atoms with E-state index in [2.05, 4.69) is 24.8 Å². The van der Waals surface area contributed by atoms with Crippen molar-refractivity contribution in [2.75, 3.05) is 6.61 Å². The Morgan fingerprint density at radius 2 is 1.96 bits per heavy atom. The van der Waals surface area contributed by atoms with Gasteiger partial charge in [0.05, 0.1) is 12.0 Å². The van der Waals surface area contributed by atoms with E-state index in [1.54, 1.807) is 0 Å². The van der Waals surface area contributed by atoms with Crippen molar-refractivity contribution in [1.29, 1.82) is 0 Å². The first-order chi connectivity index (χ1) is 11.6. The van der Waals surface area contributed by atoms with E-state index < -0.39 is 6.10 Å². The number of hydrogen-bond donors (Lipinski definition) is 3. The Balaban J connectivity index is 1.66. The van der Waals surface area contributed by atoms with Gasteiger partial charge in [0.25, 0.3) is 0 Å². The van der Waals surface area contributed by atoms with Crippen LogP contribution in [0.3, 0.4) is 0 Å². The maximum Gasteiger partial charge on any atom is 0.117 e. The molecule has 3 nitrogen and oxygen atoms in total. The maximum atomic E-state index is 10.5. The maximum absolute atomic E-state index is 10.5. The fourth-order valence-electron chi connectivity index (χ4n) is 5.18. The van der Waals surface area contributed by atoms with E-state index in [-0.39, 0.29) is 18.6 Å². The lowest BCUT2D eigenvalue weighted by Gasteiger charge is -2.53. The molecule has 0 aromatic rings. The van der Waals surface area contributed by atoms with E-state index in [0.717, 1.165) is 38.5 Å². The van der Waals surface area contributed by atoms with Gasteiger partial charge in [-0.1, -0.05) is 43.3 Å². The third-order valence-corrected chi connectivity index (χ3v) is 6.59. The Labute approximate surface area is 146 Å². The summed E-state index contributed by atoms with van der Waals surface area (Å²) in [6.45, 7) is 2.49. The van der Waals surface area contributed by atoms with Gasteiger partial charge in [-0.3, -0.25) is 0 Å². The molecule has 3 aliphatic rings. The summed E-state index contributed by atoms with van der Waals surface area (Å²) >= 11 is 0. The van der Waals surface area contributed by atoms with Gasteiger partial charge >= 0.3 is 0 Å². The van der Waals surface area contributed by atoms with Gasteiger partial charge in [0.1, 0.15) is 6.10 Å². The van der Waals surface area contributed by atoms with Gasteiger partial charge in [0.15, 0.2) is 0 Å². The van der Waals surface area contributed by atoms with Crippen molar-refractivity contribution in [2.24, 2.45) is 29.6 Å². The van der Waals surface area contributed by atoms with E-state index in [9.17, 15) is 10.2 Å². The second-order valence-corrected chi connectivity index (χ2v) is 7.99. The molecule has 24 heavy (non-hydrogen) atoms. The van der Waals surface area contributed by atoms with Crippen LogP contribution in [-0.4, -0.2) is 34.1 Å². The number of aliphatic hydroxyl groups is 3. The molecule has 0 spiro atoms. The Bertz CT molecular complexity index is 509. The van der Waals surface area contributed by atoms with Crippen molar-refractivity contribution in [3.8, 4) is 11.8 Å². The van der Waals surface area contributed by atoms with Crippen molar-refractivity contribution in [3.63, 3.8) is 0 Å². The topological polar surface area (TPSA) is 60.7 Å². The van der Waals surface area contributed by atoms with E-state index in [1.807, 2.05) is 0 Å². The molecule has 3 N–H and O–H groups in total. The molecule has 0 saturated heterocycles. The molecule has 2 unspecified atom stereocenters. The third kappa shape index (κ3) is 3.57. The van der Waals surface area contributed by atoms with Crippen LogP contribution in [0.2, 0.25) is 0 Å². The number of allylic oxidation sites excluding steroid dienone is 2. The van der Waals surface area contributed by atoms with Gasteiger partial charge in [-0.2, -0.15) is 0 Å². The number of fused-ring (bicyclic) bond motifs is 1. The van der Waals surface area contributed by atoms with Crippen molar-refractivity contribution in [2.45, 2.75) is 70.5 Å². The number of rotatable bonds is 4. The van der Waals surface area contributed by atoms with Crippen molar-refractivity contribution >= 4 is 0 Å². The lowest BCUT2D eigenvalue weighted by molar-refractivity contribution is -0.0140. The molecule has 0 bridgehead atoms. The van der Waals surface area contributed by atoms with Crippen LogP contribution in [0.1, 0.15) is 58.3 Å². The molecule has 3 rings (SSSR count). The lowest BCUT2D eigenvalue weighted by atomic mass is 9.51. The summed E-state index contributed by atoms with van der Waals surface area (Å²) in [5, 5.41) is 29.7. The third-order valence-electron chi connectivity index (χ3n) is 6.59. The van der Waals surface area contributed by atoms with Crippen molar-refractivity contribution in [3.05, 3.63) is 11.6 Å². The zero-order chi connectivity index (χ0) is 17.1. The Kier molecular flexibility index (Phi) is 6.02. The highest BCUT2D eigenvalue weighted by atomic mass is 16.3. The van der Waals surface area contributed by atoms with E-state index in [4.69, 9.17) is 5.11 Å². The predicted molar refractivity (Wildman–Crippen MR) is 95.0 cm³/mol. The molecule has 0 heterocycles. The fraction of sp³-hybridized carbons (Fsp3) is 0.810. The molecular weight excluding hydrogens is 300 g/mol. The molecule has 0 aromatic heterocycles. The summed E-state index contributed by atoms with van der Waals surface area (Å²) in [6.07, 6.45) is 9.65. The number of aliphatic hydroxyl groups excluding tert-OH is 3. The van der Waals surface area contributed by atoms with Gasteiger partial charge in [-0.15, -0.1) is 0 Å². The van der Waals surface area contributed by atoms with E-state index in [1.165, 1.54) is 18.4 Å². The summed E-state index contributed by atoms with van der Waals surface area (Å²) in [5.74, 6) is 8.15. The second kappa shape index (κ2) is 8.04. The minimum Gasteiger partial charge on any atom is -0.396 e. The summed E-state index contributed by atoms with van der Waals surface area (Å²) < 4.78 is 0. The molecule has 3 saturated carbocycles. The molecule has 134 valence electrons. The average Bonchev–Trinajstić information content (AvgIpc) is 3.11. The Hall–Kier alpha value is -0.820. The largest absolute Gasteiger partial charge is 0.396 e. The van der Waals surface area contributed by atoms with Crippen molar-refractivity contribution in [1.82, 2.24) is 0 Å². The Morgan fingerprint density at radius 3 is 2.67 bits per heavy atom. The van der Waals surface area contributed by atoms with Crippen LogP contribution < -0.4 is 0 Å². The highest BCUT2D eigenvalue weighted by Gasteiger charge is 2.50. The molecule has 3 aliphatic carbocycles. The van der Waals surface area contributed by atoms with Gasteiger partial charge in [0, 0.05) is 6.61 Å². The van der Waals surface area contributed by atoms with Crippen LogP contribution in [0.4, 0.5) is 0 Å². The smallest absolute Gasteiger partial charge is 0.117 e. The summed E-state index contributed by atoms with van der Waals surface area (Å²) in [6, 6.07) is 0. The van der Waals surface area contributed by atoms with Gasteiger partial charge in [-0.25, -0.2) is 0 Å². The molecule has 3 fully saturated rings. The normalized spacial score (nSPS) is 39.0. The minimum absolute atomic E-state index is 0.00444. The van der Waals surface area contributed by atoms with Gasteiger partial charge < -0.3 is 15.3 Å².